The molecule has 0 saturated heterocycles. The summed E-state index contributed by atoms with van der Waals surface area (Å²) < 4.78 is 0. The molecule has 0 amide bonds. The third-order valence-corrected chi connectivity index (χ3v) is 3.91. The van der Waals surface area contributed by atoms with Crippen molar-refractivity contribution in [2.24, 2.45) is 0 Å². The van der Waals surface area contributed by atoms with Crippen molar-refractivity contribution >= 4 is 34.5 Å². The third-order valence-electron chi connectivity index (χ3n) is 3.37. The van der Waals surface area contributed by atoms with E-state index in [0.29, 0.717) is 34.9 Å². The van der Waals surface area contributed by atoms with Gasteiger partial charge in [0.05, 0.1) is 6.20 Å². The molecule has 23 heavy (non-hydrogen) atoms. The van der Waals surface area contributed by atoms with Gasteiger partial charge >= 0.3 is 0 Å². The predicted octanol–water partition coefficient (Wildman–Crippen LogP) is 2.54. The third kappa shape index (κ3) is 3.45. The number of anilines is 1. The van der Waals surface area contributed by atoms with Crippen LogP contribution in [0.25, 0.3) is 11.2 Å². The number of hydrogen-bond acceptors (Lipinski definition) is 7. The van der Waals surface area contributed by atoms with Gasteiger partial charge in [-0.2, -0.15) is 0 Å². The Bertz CT molecular complexity index is 854. The van der Waals surface area contributed by atoms with E-state index in [4.69, 9.17) is 5.73 Å². The molecule has 0 saturated carbocycles. The number of nitrogens with two attached hydrogens (primary N) is 1. The summed E-state index contributed by atoms with van der Waals surface area (Å²) in [4.78, 5) is 29.2. The van der Waals surface area contributed by atoms with Crippen molar-refractivity contribution in [2.45, 2.75) is 18.0 Å². The first-order valence-corrected chi connectivity index (χ1v) is 8.31. The van der Waals surface area contributed by atoms with Crippen LogP contribution in [-0.4, -0.2) is 32.0 Å². The van der Waals surface area contributed by atoms with Crippen LogP contribution in [0.15, 0.2) is 41.7 Å². The lowest BCUT2D eigenvalue weighted by Crippen LogP contribution is -2.07. The molecule has 0 aliphatic heterocycles. The Morgan fingerprint density at radius 3 is 2.70 bits per heavy atom. The van der Waals surface area contributed by atoms with Crippen LogP contribution in [0, 0.1) is 0 Å². The van der Waals surface area contributed by atoms with Crippen molar-refractivity contribution in [1.82, 2.24) is 19.9 Å². The quantitative estimate of drug-likeness (QED) is 0.437. The van der Waals surface area contributed by atoms with Crippen molar-refractivity contribution < 1.29 is 4.79 Å². The number of fused-ring (bicyclic) bond motifs is 1. The smallest absolute Gasteiger partial charge is 0.191 e. The maximum Gasteiger partial charge on any atom is 0.191 e. The Balaban J connectivity index is 1.83. The minimum atomic E-state index is -0.0638. The first-order valence-electron chi connectivity index (χ1n) is 7.09. The van der Waals surface area contributed by atoms with Gasteiger partial charge in [-0.3, -0.25) is 4.79 Å². The number of carbonyl (C=O) groups excluding carboxylic acids is 1. The van der Waals surface area contributed by atoms with Gasteiger partial charge in [0.1, 0.15) is 11.2 Å². The molecule has 2 aromatic heterocycles. The van der Waals surface area contributed by atoms with E-state index in [1.807, 2.05) is 36.6 Å². The highest BCUT2D eigenvalue weighted by atomic mass is 32.2. The molecule has 0 unspecified atom stereocenters. The number of carbonyl (C=O) groups is 1. The summed E-state index contributed by atoms with van der Waals surface area (Å²) >= 11 is 1.36. The molecule has 2 N–H and O–H groups in total. The van der Waals surface area contributed by atoms with E-state index in [0.717, 1.165) is 5.56 Å². The fraction of sp³-hybridized carbons (Fsp3) is 0.188. The van der Waals surface area contributed by atoms with E-state index in [1.54, 1.807) is 0 Å². The Morgan fingerprint density at radius 1 is 1.17 bits per heavy atom. The lowest BCUT2D eigenvalue weighted by atomic mass is 10.1. The Kier molecular flexibility index (Phi) is 4.47. The number of hydrogen-bond donors (Lipinski definition) is 1. The van der Waals surface area contributed by atoms with Crippen molar-refractivity contribution in [3.05, 3.63) is 47.8 Å². The zero-order valence-corrected chi connectivity index (χ0v) is 13.4. The van der Waals surface area contributed by atoms with Gasteiger partial charge in [-0.05, 0) is 18.2 Å². The first-order chi connectivity index (χ1) is 11.2. The molecule has 0 aliphatic rings. The van der Waals surface area contributed by atoms with Crippen LogP contribution >= 0.6 is 11.8 Å². The Morgan fingerprint density at radius 2 is 1.96 bits per heavy atom. The first kappa shape index (κ1) is 15.4. The molecule has 3 rings (SSSR count). The molecular formula is C16H15N5OS. The summed E-state index contributed by atoms with van der Waals surface area (Å²) in [6, 6.07) is 9.86. The number of aromatic nitrogens is 4. The second kappa shape index (κ2) is 6.70. The minimum Gasteiger partial charge on any atom is -0.382 e. The van der Waals surface area contributed by atoms with Crippen LogP contribution in [0.1, 0.15) is 22.5 Å². The van der Waals surface area contributed by atoms with Crippen LogP contribution in [-0.2, 0) is 6.42 Å². The van der Waals surface area contributed by atoms with E-state index in [-0.39, 0.29) is 11.6 Å². The second-order valence-electron chi connectivity index (χ2n) is 4.93. The average molecular weight is 325 g/mol. The molecule has 2 heterocycles. The van der Waals surface area contributed by atoms with Gasteiger partial charge in [0.2, 0.25) is 0 Å². The van der Waals surface area contributed by atoms with Crippen LogP contribution in [0.2, 0.25) is 0 Å². The summed E-state index contributed by atoms with van der Waals surface area (Å²) in [5.41, 5.74) is 8.04. The van der Waals surface area contributed by atoms with E-state index in [2.05, 4.69) is 19.9 Å². The monoisotopic (exact) mass is 325 g/mol. The minimum absolute atomic E-state index is 0.0638. The number of benzene rings is 1. The van der Waals surface area contributed by atoms with Crippen molar-refractivity contribution in [2.75, 3.05) is 12.0 Å². The maximum atomic E-state index is 12.3. The molecule has 0 spiro atoms. The van der Waals surface area contributed by atoms with Crippen molar-refractivity contribution in [3.8, 4) is 0 Å². The molecule has 6 nitrogen and oxygen atoms in total. The standard InChI is InChI=1S/C16H15N5OS/c1-23-16-20-14(17)13-15(21-16)19-11(9-18-13)12(22)8-7-10-5-3-2-4-6-10/h2-6,9H,7-8H2,1H3,(H2,17,19,20,21). The molecule has 0 radical (unpaired) electrons. The molecule has 0 aliphatic carbocycles. The van der Waals surface area contributed by atoms with Gasteiger partial charge in [-0.1, -0.05) is 42.1 Å². The highest BCUT2D eigenvalue weighted by Crippen LogP contribution is 2.18. The maximum absolute atomic E-state index is 12.3. The zero-order chi connectivity index (χ0) is 16.2. The fourth-order valence-electron chi connectivity index (χ4n) is 2.17. The summed E-state index contributed by atoms with van der Waals surface area (Å²) in [6.07, 6.45) is 4.33. The molecule has 0 bridgehead atoms. The normalized spacial score (nSPS) is 10.8. The van der Waals surface area contributed by atoms with Crippen LogP contribution < -0.4 is 5.73 Å². The summed E-state index contributed by atoms with van der Waals surface area (Å²) in [5, 5.41) is 0.512. The molecular weight excluding hydrogens is 310 g/mol. The largest absolute Gasteiger partial charge is 0.382 e. The van der Waals surface area contributed by atoms with Crippen LogP contribution in [0.3, 0.4) is 0 Å². The molecule has 7 heteroatoms. The van der Waals surface area contributed by atoms with Gasteiger partial charge in [0, 0.05) is 6.42 Å². The molecule has 1 aromatic carbocycles. The van der Waals surface area contributed by atoms with E-state index < -0.39 is 0 Å². The van der Waals surface area contributed by atoms with Crippen LogP contribution in [0.4, 0.5) is 5.82 Å². The zero-order valence-electron chi connectivity index (χ0n) is 12.6. The lowest BCUT2D eigenvalue weighted by Gasteiger charge is -2.04. The highest BCUT2D eigenvalue weighted by Gasteiger charge is 2.13. The Hall–Kier alpha value is -2.54. The van der Waals surface area contributed by atoms with Gasteiger partial charge in [-0.25, -0.2) is 19.9 Å². The number of thioether (sulfide) groups is 1. The van der Waals surface area contributed by atoms with Crippen molar-refractivity contribution in [1.29, 1.82) is 0 Å². The van der Waals surface area contributed by atoms with E-state index in [1.165, 1.54) is 18.0 Å². The fourth-order valence-corrected chi connectivity index (χ4v) is 2.53. The number of Topliss-reactive ketones (excluding diaryl/α,β-unsaturated/α-hetero) is 1. The summed E-state index contributed by atoms with van der Waals surface area (Å²) in [6.45, 7) is 0. The Labute approximate surface area is 137 Å². The van der Waals surface area contributed by atoms with Gasteiger partial charge < -0.3 is 5.73 Å². The highest BCUT2D eigenvalue weighted by molar-refractivity contribution is 7.98. The van der Waals surface area contributed by atoms with E-state index in [9.17, 15) is 4.79 Å². The van der Waals surface area contributed by atoms with Crippen LogP contribution in [0.5, 0.6) is 0 Å². The summed E-state index contributed by atoms with van der Waals surface area (Å²) in [7, 11) is 0. The topological polar surface area (TPSA) is 94.7 Å². The molecule has 0 fully saturated rings. The number of nitrogen functional groups attached to an aromatic ring is 1. The number of nitrogens with zero attached hydrogens (tertiary/aromatic N) is 4. The molecule has 3 aromatic rings. The number of ketones is 1. The van der Waals surface area contributed by atoms with Gasteiger partial charge in [-0.15, -0.1) is 0 Å². The molecule has 0 atom stereocenters. The molecule has 116 valence electrons. The number of aryl methyl sites for hydroxylation is 1. The second-order valence-corrected chi connectivity index (χ2v) is 5.71. The predicted molar refractivity (Wildman–Crippen MR) is 90.4 cm³/mol. The summed E-state index contributed by atoms with van der Waals surface area (Å²) in [5.74, 6) is 0.210. The SMILES string of the molecule is CSc1nc(N)c2ncc(C(=O)CCc3ccccc3)nc2n1. The van der Waals surface area contributed by atoms with E-state index >= 15 is 0 Å². The van der Waals surface area contributed by atoms with Gasteiger partial charge in [0.25, 0.3) is 0 Å². The lowest BCUT2D eigenvalue weighted by molar-refractivity contribution is 0.0978. The van der Waals surface area contributed by atoms with Gasteiger partial charge in [0.15, 0.2) is 22.4 Å². The number of rotatable bonds is 5. The van der Waals surface area contributed by atoms with Crippen molar-refractivity contribution in [3.63, 3.8) is 0 Å². The average Bonchev–Trinajstić information content (AvgIpc) is 2.60.